The highest BCUT2D eigenvalue weighted by Gasteiger charge is 2.27. The van der Waals surface area contributed by atoms with E-state index in [-0.39, 0.29) is 18.1 Å². The Balaban J connectivity index is 1.56. The normalized spacial score (nSPS) is 25.3. The van der Waals surface area contributed by atoms with Crippen LogP contribution in [0.5, 0.6) is 0 Å². The van der Waals surface area contributed by atoms with Gasteiger partial charge >= 0.3 is 0 Å². The molecule has 1 saturated heterocycles. The van der Waals surface area contributed by atoms with Gasteiger partial charge in [0.2, 0.25) is 5.91 Å². The van der Waals surface area contributed by atoms with Gasteiger partial charge in [0.25, 0.3) is 0 Å². The molecule has 2 N–H and O–H groups in total. The minimum Gasteiger partial charge on any atom is -0.365 e. The Hall–Kier alpha value is -1.39. The molecule has 0 bridgehead atoms. The lowest BCUT2D eigenvalue weighted by atomic mass is 10.1. The number of fused-ring (bicyclic) bond motifs is 1. The second-order valence-corrected chi connectivity index (χ2v) is 5.44. The number of ether oxygens (including phenoxy) is 1. The summed E-state index contributed by atoms with van der Waals surface area (Å²) in [5.41, 5.74) is 3.86. The standard InChI is InChI=1S/C15H20N2O2/c1-10-2-5-14(19-10)15(18)17-7-11-3-4-12-8-16-9-13(12)6-11/h3-4,6,10,14,16H,2,5,7-9H2,1H3,(H,17,18). The minimum absolute atomic E-state index is 0.0166. The number of carbonyl (C=O) groups is 1. The van der Waals surface area contributed by atoms with E-state index in [1.54, 1.807) is 0 Å². The van der Waals surface area contributed by atoms with E-state index < -0.39 is 0 Å². The Morgan fingerprint density at radius 3 is 3.00 bits per heavy atom. The van der Waals surface area contributed by atoms with Crippen molar-refractivity contribution in [1.82, 2.24) is 10.6 Å². The van der Waals surface area contributed by atoms with Gasteiger partial charge in [0.05, 0.1) is 6.10 Å². The first kappa shape index (κ1) is 12.6. The summed E-state index contributed by atoms with van der Waals surface area (Å²) in [6.45, 7) is 4.48. The Morgan fingerprint density at radius 2 is 2.21 bits per heavy atom. The molecule has 0 aliphatic carbocycles. The van der Waals surface area contributed by atoms with Gasteiger partial charge in [-0.3, -0.25) is 4.79 Å². The zero-order valence-corrected chi connectivity index (χ0v) is 11.2. The molecule has 4 heteroatoms. The summed E-state index contributed by atoms with van der Waals surface area (Å²) in [6, 6.07) is 6.41. The van der Waals surface area contributed by atoms with Crippen molar-refractivity contribution in [3.8, 4) is 0 Å². The molecule has 1 fully saturated rings. The first-order chi connectivity index (χ1) is 9.22. The third-order valence-electron chi connectivity index (χ3n) is 3.89. The van der Waals surface area contributed by atoms with Crippen LogP contribution in [0, 0.1) is 0 Å². The SMILES string of the molecule is CC1CCC(C(=O)NCc2ccc3c(c2)CNC3)O1. The van der Waals surface area contributed by atoms with Gasteiger partial charge in [0.1, 0.15) is 6.10 Å². The smallest absolute Gasteiger partial charge is 0.249 e. The molecule has 1 aromatic rings. The molecule has 19 heavy (non-hydrogen) atoms. The lowest BCUT2D eigenvalue weighted by molar-refractivity contribution is -0.131. The molecular weight excluding hydrogens is 240 g/mol. The lowest BCUT2D eigenvalue weighted by Crippen LogP contribution is -2.34. The molecule has 0 spiro atoms. The van der Waals surface area contributed by atoms with E-state index in [0.717, 1.165) is 31.5 Å². The second-order valence-electron chi connectivity index (χ2n) is 5.44. The maximum atomic E-state index is 11.9. The van der Waals surface area contributed by atoms with Crippen molar-refractivity contribution in [2.24, 2.45) is 0 Å². The summed E-state index contributed by atoms with van der Waals surface area (Å²) in [5.74, 6) is 0.0166. The van der Waals surface area contributed by atoms with E-state index >= 15 is 0 Å². The van der Waals surface area contributed by atoms with Crippen LogP contribution in [0.15, 0.2) is 18.2 Å². The van der Waals surface area contributed by atoms with E-state index in [1.165, 1.54) is 11.1 Å². The zero-order chi connectivity index (χ0) is 13.2. The fourth-order valence-electron chi connectivity index (χ4n) is 2.76. The third-order valence-corrected chi connectivity index (χ3v) is 3.89. The van der Waals surface area contributed by atoms with E-state index in [9.17, 15) is 4.79 Å². The Labute approximate surface area is 113 Å². The average Bonchev–Trinajstić information content (AvgIpc) is 3.03. The van der Waals surface area contributed by atoms with Crippen molar-refractivity contribution >= 4 is 5.91 Å². The van der Waals surface area contributed by atoms with Crippen LogP contribution < -0.4 is 10.6 Å². The fourth-order valence-corrected chi connectivity index (χ4v) is 2.76. The second kappa shape index (κ2) is 5.31. The van der Waals surface area contributed by atoms with Crippen LogP contribution in [-0.4, -0.2) is 18.1 Å². The molecule has 2 aliphatic heterocycles. The maximum absolute atomic E-state index is 11.9. The minimum atomic E-state index is -0.258. The van der Waals surface area contributed by atoms with Crippen LogP contribution in [0.3, 0.4) is 0 Å². The fraction of sp³-hybridized carbons (Fsp3) is 0.533. The van der Waals surface area contributed by atoms with Gasteiger partial charge in [-0.2, -0.15) is 0 Å². The van der Waals surface area contributed by atoms with Crippen LogP contribution in [0.25, 0.3) is 0 Å². The van der Waals surface area contributed by atoms with Gasteiger partial charge in [-0.05, 0) is 36.5 Å². The van der Waals surface area contributed by atoms with E-state index in [4.69, 9.17) is 4.74 Å². The summed E-state index contributed by atoms with van der Waals surface area (Å²) >= 11 is 0. The monoisotopic (exact) mass is 260 g/mol. The Bertz CT molecular complexity index is 487. The van der Waals surface area contributed by atoms with Gasteiger partial charge in [0.15, 0.2) is 0 Å². The molecule has 102 valence electrons. The van der Waals surface area contributed by atoms with Gasteiger partial charge in [-0.25, -0.2) is 0 Å². The third kappa shape index (κ3) is 2.80. The lowest BCUT2D eigenvalue weighted by Gasteiger charge is -2.12. The topological polar surface area (TPSA) is 50.4 Å². The molecule has 3 rings (SSSR count). The summed E-state index contributed by atoms with van der Waals surface area (Å²) in [6.07, 6.45) is 1.76. The highest BCUT2D eigenvalue weighted by molar-refractivity contribution is 5.81. The average molecular weight is 260 g/mol. The summed E-state index contributed by atoms with van der Waals surface area (Å²) < 4.78 is 5.56. The number of rotatable bonds is 3. The first-order valence-electron chi connectivity index (χ1n) is 6.97. The quantitative estimate of drug-likeness (QED) is 0.865. The maximum Gasteiger partial charge on any atom is 0.249 e. The molecular formula is C15H20N2O2. The molecule has 1 aromatic carbocycles. The van der Waals surface area contributed by atoms with Crippen LogP contribution >= 0.6 is 0 Å². The van der Waals surface area contributed by atoms with Crippen molar-refractivity contribution in [2.45, 2.75) is 51.6 Å². The molecule has 2 unspecified atom stereocenters. The molecule has 0 aromatic heterocycles. The number of hydrogen-bond donors (Lipinski definition) is 2. The van der Waals surface area contributed by atoms with Gasteiger partial charge < -0.3 is 15.4 Å². The van der Waals surface area contributed by atoms with Crippen molar-refractivity contribution in [3.05, 3.63) is 34.9 Å². The number of benzene rings is 1. The van der Waals surface area contributed by atoms with Gasteiger partial charge in [-0.1, -0.05) is 18.2 Å². The van der Waals surface area contributed by atoms with Crippen LogP contribution in [0.4, 0.5) is 0 Å². The van der Waals surface area contributed by atoms with Crippen molar-refractivity contribution in [1.29, 1.82) is 0 Å². The highest BCUT2D eigenvalue weighted by Crippen LogP contribution is 2.20. The number of hydrogen-bond acceptors (Lipinski definition) is 3. The van der Waals surface area contributed by atoms with Crippen LogP contribution in [0.1, 0.15) is 36.5 Å². The zero-order valence-electron chi connectivity index (χ0n) is 11.2. The predicted octanol–water partition coefficient (Wildman–Crippen LogP) is 1.47. The highest BCUT2D eigenvalue weighted by atomic mass is 16.5. The van der Waals surface area contributed by atoms with Crippen molar-refractivity contribution in [2.75, 3.05) is 0 Å². The predicted molar refractivity (Wildman–Crippen MR) is 72.4 cm³/mol. The molecule has 4 nitrogen and oxygen atoms in total. The summed E-state index contributed by atoms with van der Waals surface area (Å²) in [7, 11) is 0. The van der Waals surface area contributed by atoms with Gasteiger partial charge in [-0.15, -0.1) is 0 Å². The largest absolute Gasteiger partial charge is 0.365 e. The van der Waals surface area contributed by atoms with Gasteiger partial charge in [0, 0.05) is 19.6 Å². The molecule has 2 atom stereocenters. The Kier molecular flexibility index (Phi) is 3.53. The first-order valence-corrected chi connectivity index (χ1v) is 6.97. The summed E-state index contributed by atoms with van der Waals surface area (Å²) in [5, 5.41) is 6.29. The van der Waals surface area contributed by atoms with Crippen molar-refractivity contribution in [3.63, 3.8) is 0 Å². The molecule has 1 amide bonds. The number of nitrogens with one attached hydrogen (secondary N) is 2. The molecule has 0 radical (unpaired) electrons. The number of amides is 1. The van der Waals surface area contributed by atoms with Crippen LogP contribution in [-0.2, 0) is 29.2 Å². The van der Waals surface area contributed by atoms with Crippen LogP contribution in [0.2, 0.25) is 0 Å². The Morgan fingerprint density at radius 1 is 1.37 bits per heavy atom. The van der Waals surface area contributed by atoms with E-state index in [0.29, 0.717) is 6.54 Å². The van der Waals surface area contributed by atoms with E-state index in [1.807, 2.05) is 6.92 Å². The summed E-state index contributed by atoms with van der Waals surface area (Å²) in [4.78, 5) is 11.9. The van der Waals surface area contributed by atoms with E-state index in [2.05, 4.69) is 28.8 Å². The molecule has 2 aliphatic rings. The molecule has 0 saturated carbocycles. The number of carbonyl (C=O) groups excluding carboxylic acids is 1. The van der Waals surface area contributed by atoms with Crippen molar-refractivity contribution < 1.29 is 9.53 Å². The molecule has 2 heterocycles.